The standard InChI is InChI=1S/C26H29NO7/c1-5-33-25(29)20-15-27(14-17-7-10-19(31-3)11-8-17)16-21(26(30)34-6-2)24(20)18-9-12-22(28)23(13-18)32-4/h7-13,15-16,24,28H,5-6,14H2,1-4H3. The molecule has 0 radical (unpaired) electrons. The van der Waals surface area contributed by atoms with Gasteiger partial charge in [-0.3, -0.25) is 0 Å². The highest BCUT2D eigenvalue weighted by Crippen LogP contribution is 2.40. The van der Waals surface area contributed by atoms with Crippen molar-refractivity contribution < 1.29 is 33.6 Å². The number of esters is 2. The molecule has 34 heavy (non-hydrogen) atoms. The molecule has 0 spiro atoms. The highest BCUT2D eigenvalue weighted by Gasteiger charge is 2.36. The summed E-state index contributed by atoms with van der Waals surface area (Å²) in [5, 5.41) is 10.0. The molecule has 0 amide bonds. The number of phenols is 1. The van der Waals surface area contributed by atoms with E-state index in [-0.39, 0.29) is 35.9 Å². The van der Waals surface area contributed by atoms with Crippen LogP contribution < -0.4 is 9.47 Å². The molecule has 1 aliphatic heterocycles. The zero-order valence-corrected chi connectivity index (χ0v) is 19.7. The van der Waals surface area contributed by atoms with E-state index >= 15 is 0 Å². The van der Waals surface area contributed by atoms with Crippen LogP contribution in [0.5, 0.6) is 17.2 Å². The van der Waals surface area contributed by atoms with Crippen molar-refractivity contribution >= 4 is 11.9 Å². The summed E-state index contributed by atoms with van der Waals surface area (Å²) < 4.78 is 21.1. The Bertz CT molecular complexity index is 1050. The molecule has 0 saturated heterocycles. The SMILES string of the molecule is CCOC(=O)C1=CN(Cc2ccc(OC)cc2)C=C(C(=O)OCC)C1c1ccc(O)c(OC)c1. The van der Waals surface area contributed by atoms with Crippen molar-refractivity contribution in [3.8, 4) is 17.2 Å². The maximum absolute atomic E-state index is 13.0. The molecular weight excluding hydrogens is 438 g/mol. The fourth-order valence-electron chi connectivity index (χ4n) is 3.75. The van der Waals surface area contributed by atoms with E-state index in [9.17, 15) is 14.7 Å². The predicted molar refractivity (Wildman–Crippen MR) is 125 cm³/mol. The van der Waals surface area contributed by atoms with Crippen LogP contribution in [0.25, 0.3) is 0 Å². The second-order valence-electron chi connectivity index (χ2n) is 7.49. The molecule has 1 heterocycles. The normalized spacial score (nSPS) is 13.6. The van der Waals surface area contributed by atoms with Gasteiger partial charge in [0.2, 0.25) is 0 Å². The molecule has 0 atom stereocenters. The fraction of sp³-hybridized carbons (Fsp3) is 0.308. The van der Waals surface area contributed by atoms with E-state index in [1.54, 1.807) is 50.4 Å². The molecule has 8 nitrogen and oxygen atoms in total. The lowest BCUT2D eigenvalue weighted by Crippen LogP contribution is -2.29. The van der Waals surface area contributed by atoms with Crippen LogP contribution in [0.15, 0.2) is 66.0 Å². The van der Waals surface area contributed by atoms with Gasteiger partial charge in [0.1, 0.15) is 5.75 Å². The van der Waals surface area contributed by atoms with E-state index in [0.29, 0.717) is 12.1 Å². The Hall–Kier alpha value is -3.94. The summed E-state index contributed by atoms with van der Waals surface area (Å²) in [6.07, 6.45) is 3.35. The summed E-state index contributed by atoms with van der Waals surface area (Å²) in [7, 11) is 3.03. The first-order valence-electron chi connectivity index (χ1n) is 10.9. The van der Waals surface area contributed by atoms with Gasteiger partial charge in [-0.2, -0.15) is 0 Å². The molecule has 180 valence electrons. The number of nitrogens with zero attached hydrogens (tertiary/aromatic N) is 1. The van der Waals surface area contributed by atoms with E-state index in [4.69, 9.17) is 18.9 Å². The van der Waals surface area contributed by atoms with Crippen LogP contribution >= 0.6 is 0 Å². The van der Waals surface area contributed by atoms with E-state index in [1.165, 1.54) is 13.2 Å². The number of hydrogen-bond donors (Lipinski definition) is 1. The largest absolute Gasteiger partial charge is 0.504 e. The number of phenolic OH excluding ortho intramolecular Hbond substituents is 1. The summed E-state index contributed by atoms with van der Waals surface area (Å²) in [5.41, 5.74) is 2.07. The number of ether oxygens (including phenoxy) is 4. The zero-order valence-electron chi connectivity index (χ0n) is 19.7. The highest BCUT2D eigenvalue weighted by atomic mass is 16.5. The molecule has 8 heteroatoms. The highest BCUT2D eigenvalue weighted by molar-refractivity contribution is 5.98. The summed E-state index contributed by atoms with van der Waals surface area (Å²) in [5.74, 6) is -0.951. The zero-order chi connectivity index (χ0) is 24.7. The van der Waals surface area contributed by atoms with Gasteiger partial charge in [-0.25, -0.2) is 9.59 Å². The lowest BCUT2D eigenvalue weighted by molar-refractivity contribution is -0.139. The van der Waals surface area contributed by atoms with Crippen LogP contribution in [-0.2, 0) is 25.6 Å². The Labute approximate surface area is 199 Å². The molecule has 1 aliphatic rings. The third kappa shape index (κ3) is 5.51. The van der Waals surface area contributed by atoms with E-state index in [2.05, 4.69) is 0 Å². The summed E-state index contributed by atoms with van der Waals surface area (Å²) in [6, 6.07) is 12.2. The second kappa shape index (κ2) is 11.3. The number of hydrogen-bond acceptors (Lipinski definition) is 8. The van der Waals surface area contributed by atoms with Crippen molar-refractivity contribution in [1.82, 2.24) is 4.90 Å². The molecular formula is C26H29NO7. The van der Waals surface area contributed by atoms with Crippen molar-refractivity contribution in [3.05, 3.63) is 77.1 Å². The van der Waals surface area contributed by atoms with Crippen LogP contribution in [-0.4, -0.2) is 49.4 Å². The average molecular weight is 468 g/mol. The molecule has 0 unspecified atom stereocenters. The summed E-state index contributed by atoms with van der Waals surface area (Å²) >= 11 is 0. The number of carbonyl (C=O) groups excluding carboxylic acids is 2. The maximum Gasteiger partial charge on any atom is 0.336 e. The van der Waals surface area contributed by atoms with Crippen molar-refractivity contribution in [3.63, 3.8) is 0 Å². The molecule has 0 bridgehead atoms. The van der Waals surface area contributed by atoms with E-state index in [0.717, 1.165) is 11.3 Å². The summed E-state index contributed by atoms with van der Waals surface area (Å²) in [6.45, 7) is 4.20. The van der Waals surface area contributed by atoms with Crippen LogP contribution in [0.4, 0.5) is 0 Å². The van der Waals surface area contributed by atoms with Gasteiger partial charge in [-0.15, -0.1) is 0 Å². The molecule has 0 saturated carbocycles. The minimum Gasteiger partial charge on any atom is -0.504 e. The first-order chi connectivity index (χ1) is 16.4. The van der Waals surface area contributed by atoms with Gasteiger partial charge in [0.05, 0.1) is 44.5 Å². The minimum atomic E-state index is -0.764. The van der Waals surface area contributed by atoms with Crippen molar-refractivity contribution in [2.75, 3.05) is 27.4 Å². The first kappa shape index (κ1) is 24.7. The van der Waals surface area contributed by atoms with E-state index < -0.39 is 17.9 Å². The van der Waals surface area contributed by atoms with Gasteiger partial charge in [-0.05, 0) is 49.2 Å². The average Bonchev–Trinajstić information content (AvgIpc) is 2.84. The lowest BCUT2D eigenvalue weighted by atomic mass is 9.83. The Kier molecular flexibility index (Phi) is 8.19. The fourth-order valence-corrected chi connectivity index (χ4v) is 3.75. The van der Waals surface area contributed by atoms with Gasteiger partial charge in [0.25, 0.3) is 0 Å². The van der Waals surface area contributed by atoms with Crippen molar-refractivity contribution in [2.45, 2.75) is 26.3 Å². The number of rotatable bonds is 9. The summed E-state index contributed by atoms with van der Waals surface area (Å²) in [4.78, 5) is 27.8. The third-order valence-electron chi connectivity index (χ3n) is 5.32. The number of carbonyl (C=O) groups is 2. The van der Waals surface area contributed by atoms with Crippen LogP contribution in [0.3, 0.4) is 0 Å². The Balaban J connectivity index is 2.09. The molecule has 1 N–H and O–H groups in total. The minimum absolute atomic E-state index is 0.0495. The second-order valence-corrected chi connectivity index (χ2v) is 7.49. The monoisotopic (exact) mass is 467 g/mol. The van der Waals surface area contributed by atoms with Crippen LogP contribution in [0.1, 0.15) is 30.9 Å². The van der Waals surface area contributed by atoms with Gasteiger partial charge < -0.3 is 29.0 Å². The van der Waals surface area contributed by atoms with Gasteiger partial charge >= 0.3 is 11.9 Å². The molecule has 0 fully saturated rings. The molecule has 0 aromatic heterocycles. The Morgan fingerprint density at radius 2 is 1.47 bits per heavy atom. The van der Waals surface area contributed by atoms with Crippen molar-refractivity contribution in [1.29, 1.82) is 0 Å². The Morgan fingerprint density at radius 1 is 0.882 bits per heavy atom. The topological polar surface area (TPSA) is 94.5 Å². The quantitative estimate of drug-likeness (QED) is 0.555. The first-order valence-corrected chi connectivity index (χ1v) is 10.9. The van der Waals surface area contributed by atoms with E-state index in [1.807, 2.05) is 24.3 Å². The molecule has 2 aromatic carbocycles. The van der Waals surface area contributed by atoms with Gasteiger partial charge in [0, 0.05) is 18.9 Å². The van der Waals surface area contributed by atoms with Crippen molar-refractivity contribution in [2.24, 2.45) is 0 Å². The van der Waals surface area contributed by atoms with Gasteiger partial charge in [0.15, 0.2) is 11.5 Å². The molecule has 0 aliphatic carbocycles. The molecule has 3 rings (SSSR count). The van der Waals surface area contributed by atoms with Crippen LogP contribution in [0.2, 0.25) is 0 Å². The molecule has 2 aromatic rings. The number of methoxy groups -OCH3 is 2. The number of aromatic hydroxyl groups is 1. The maximum atomic E-state index is 13.0. The van der Waals surface area contributed by atoms with Gasteiger partial charge in [-0.1, -0.05) is 18.2 Å². The van der Waals surface area contributed by atoms with Crippen LogP contribution in [0, 0.1) is 0 Å². The predicted octanol–water partition coefficient (Wildman–Crippen LogP) is 3.90. The smallest absolute Gasteiger partial charge is 0.336 e. The lowest BCUT2D eigenvalue weighted by Gasteiger charge is -2.30. The third-order valence-corrected chi connectivity index (χ3v) is 5.32. The Morgan fingerprint density at radius 3 is 1.97 bits per heavy atom. The number of benzene rings is 2.